The van der Waals surface area contributed by atoms with E-state index in [1.54, 1.807) is 6.33 Å². The van der Waals surface area contributed by atoms with Gasteiger partial charge in [-0.15, -0.1) is 0 Å². The topological polar surface area (TPSA) is 63.0 Å². The maximum atomic E-state index is 9.26. The second-order valence-corrected chi connectivity index (χ2v) is 4.76. The molecule has 1 saturated carbocycles. The minimum atomic E-state index is 0.291. The molecule has 1 aliphatic carbocycles. The highest BCUT2D eigenvalue weighted by Gasteiger charge is 2.26. The Labute approximate surface area is 102 Å². The lowest BCUT2D eigenvalue weighted by Gasteiger charge is -2.18. The van der Waals surface area contributed by atoms with Gasteiger partial charge in [0.15, 0.2) is 0 Å². The summed E-state index contributed by atoms with van der Waals surface area (Å²) in [6, 6.07) is 0.437. The molecule has 2 rings (SSSR count). The Kier molecular flexibility index (Phi) is 4.50. The molecule has 0 radical (unpaired) electrons. The molecular weight excluding hydrogens is 216 g/mol. The van der Waals surface area contributed by atoms with Crippen LogP contribution >= 0.6 is 0 Å². The largest absolute Gasteiger partial charge is 0.396 e. The van der Waals surface area contributed by atoms with Crippen molar-refractivity contribution in [2.24, 2.45) is 5.92 Å². The lowest BCUT2D eigenvalue weighted by molar-refractivity contribution is 0.204. The van der Waals surface area contributed by atoms with E-state index in [9.17, 15) is 5.11 Å². The molecule has 2 unspecified atom stereocenters. The van der Waals surface area contributed by atoms with Crippen LogP contribution in [0, 0.1) is 5.92 Å². The molecule has 0 aromatic carbocycles. The lowest BCUT2D eigenvalue weighted by atomic mass is 10.1. The Bertz CT molecular complexity index is 339. The zero-order valence-corrected chi connectivity index (χ0v) is 10.5. The van der Waals surface area contributed by atoms with E-state index >= 15 is 0 Å². The Morgan fingerprint density at radius 3 is 3.18 bits per heavy atom. The second-order valence-electron chi connectivity index (χ2n) is 4.76. The van der Waals surface area contributed by atoms with Gasteiger partial charge in [-0.3, -0.25) is 0 Å². The van der Waals surface area contributed by atoms with Gasteiger partial charge in [0.2, 0.25) is 0 Å². The highest BCUT2D eigenvalue weighted by atomic mass is 16.3. The monoisotopic (exact) mass is 238 g/mol. The minimum Gasteiger partial charge on any atom is -0.396 e. The van der Waals surface area contributed by atoms with Crippen LogP contribution in [0.1, 0.15) is 38.4 Å². The van der Waals surface area contributed by atoms with Crippen molar-refractivity contribution in [2.45, 2.75) is 51.7 Å². The third kappa shape index (κ3) is 3.04. The molecule has 1 fully saturated rings. The Morgan fingerprint density at radius 1 is 1.53 bits per heavy atom. The summed E-state index contributed by atoms with van der Waals surface area (Å²) >= 11 is 0. The van der Waals surface area contributed by atoms with E-state index in [1.165, 1.54) is 6.42 Å². The summed E-state index contributed by atoms with van der Waals surface area (Å²) in [6.45, 7) is 4.10. The zero-order chi connectivity index (χ0) is 12.1. The summed E-state index contributed by atoms with van der Waals surface area (Å²) in [5.74, 6) is 1.41. The number of aliphatic hydroxyl groups excluding tert-OH is 1. The highest BCUT2D eigenvalue weighted by molar-refractivity contribution is 4.88. The first-order valence-electron chi connectivity index (χ1n) is 6.56. The van der Waals surface area contributed by atoms with Crippen LogP contribution in [0.15, 0.2) is 6.33 Å². The molecule has 5 heteroatoms. The number of aromatic nitrogens is 3. The summed E-state index contributed by atoms with van der Waals surface area (Å²) in [5.41, 5.74) is 0. The first-order chi connectivity index (χ1) is 8.35. The fraction of sp³-hybridized carbons (Fsp3) is 0.833. The van der Waals surface area contributed by atoms with E-state index in [0.29, 0.717) is 18.6 Å². The molecule has 96 valence electrons. The normalized spacial score (nSPS) is 24.4. The molecule has 0 saturated heterocycles. The van der Waals surface area contributed by atoms with Gasteiger partial charge in [0, 0.05) is 19.2 Å². The van der Waals surface area contributed by atoms with Crippen LogP contribution < -0.4 is 5.32 Å². The van der Waals surface area contributed by atoms with Gasteiger partial charge in [-0.25, -0.2) is 9.67 Å². The van der Waals surface area contributed by atoms with Gasteiger partial charge in [0.05, 0.1) is 6.54 Å². The molecule has 2 N–H and O–H groups in total. The van der Waals surface area contributed by atoms with Gasteiger partial charge < -0.3 is 10.4 Å². The van der Waals surface area contributed by atoms with Crippen molar-refractivity contribution < 1.29 is 5.11 Å². The van der Waals surface area contributed by atoms with Gasteiger partial charge in [0.25, 0.3) is 0 Å². The summed E-state index contributed by atoms with van der Waals surface area (Å²) in [7, 11) is 0. The molecule has 17 heavy (non-hydrogen) atoms. The van der Waals surface area contributed by atoms with Crippen LogP contribution in [0.25, 0.3) is 0 Å². The van der Waals surface area contributed by atoms with Gasteiger partial charge in [0.1, 0.15) is 12.2 Å². The third-order valence-electron chi connectivity index (χ3n) is 3.55. The van der Waals surface area contributed by atoms with E-state index < -0.39 is 0 Å². The van der Waals surface area contributed by atoms with Crippen molar-refractivity contribution in [3.8, 4) is 0 Å². The average Bonchev–Trinajstić information content (AvgIpc) is 2.95. The summed E-state index contributed by atoms with van der Waals surface area (Å²) in [6.07, 6.45) is 6.19. The number of nitrogens with zero attached hydrogens (tertiary/aromatic N) is 3. The quantitative estimate of drug-likeness (QED) is 0.774. The van der Waals surface area contributed by atoms with Crippen LogP contribution in [0.4, 0.5) is 0 Å². The van der Waals surface area contributed by atoms with Crippen molar-refractivity contribution in [1.29, 1.82) is 0 Å². The van der Waals surface area contributed by atoms with Crippen LogP contribution in [-0.4, -0.2) is 32.5 Å². The van der Waals surface area contributed by atoms with Crippen LogP contribution in [0.5, 0.6) is 0 Å². The predicted octanol–water partition coefficient (Wildman–Crippen LogP) is 0.939. The summed E-state index contributed by atoms with van der Waals surface area (Å²) in [5, 5.41) is 17.0. The summed E-state index contributed by atoms with van der Waals surface area (Å²) < 4.78 is 1.95. The number of rotatable bonds is 6. The molecule has 0 bridgehead atoms. The fourth-order valence-electron chi connectivity index (χ4n) is 2.57. The standard InChI is InChI=1S/C12H22N4O/c1-2-6-16-12(14-9-15-16)7-13-11-5-3-4-10(11)8-17/h9-11,13,17H,2-8H2,1H3. The Balaban J connectivity index is 1.86. The average molecular weight is 238 g/mol. The first kappa shape index (κ1) is 12.5. The second kappa shape index (κ2) is 6.12. The highest BCUT2D eigenvalue weighted by Crippen LogP contribution is 2.25. The smallest absolute Gasteiger partial charge is 0.140 e. The molecule has 0 amide bonds. The number of aryl methyl sites for hydroxylation is 1. The number of nitrogens with one attached hydrogen (secondary N) is 1. The maximum Gasteiger partial charge on any atom is 0.140 e. The predicted molar refractivity (Wildman–Crippen MR) is 65.4 cm³/mol. The van der Waals surface area contributed by atoms with Crippen molar-refractivity contribution in [3.05, 3.63) is 12.2 Å². The maximum absolute atomic E-state index is 9.26. The number of hydrogen-bond donors (Lipinski definition) is 2. The van der Waals surface area contributed by atoms with E-state index in [1.807, 2.05) is 4.68 Å². The van der Waals surface area contributed by atoms with Gasteiger partial charge >= 0.3 is 0 Å². The first-order valence-corrected chi connectivity index (χ1v) is 6.56. The molecular formula is C12H22N4O. The Hall–Kier alpha value is -0.940. The molecule has 1 heterocycles. The molecule has 0 spiro atoms. The van der Waals surface area contributed by atoms with Gasteiger partial charge in [-0.1, -0.05) is 13.3 Å². The van der Waals surface area contributed by atoms with Crippen LogP contribution in [0.3, 0.4) is 0 Å². The van der Waals surface area contributed by atoms with Crippen molar-refractivity contribution in [2.75, 3.05) is 6.61 Å². The molecule has 1 aromatic rings. The van der Waals surface area contributed by atoms with Crippen LogP contribution in [-0.2, 0) is 13.1 Å². The SMILES string of the molecule is CCCn1ncnc1CNC1CCCC1CO. The Morgan fingerprint density at radius 2 is 2.41 bits per heavy atom. The van der Waals surface area contributed by atoms with Gasteiger partial charge in [-0.2, -0.15) is 5.10 Å². The van der Waals surface area contributed by atoms with Gasteiger partial charge in [-0.05, 0) is 25.2 Å². The molecule has 5 nitrogen and oxygen atoms in total. The molecule has 1 aromatic heterocycles. The fourth-order valence-corrected chi connectivity index (χ4v) is 2.57. The van der Waals surface area contributed by atoms with Crippen LogP contribution in [0.2, 0.25) is 0 Å². The number of hydrogen-bond acceptors (Lipinski definition) is 4. The number of aliphatic hydroxyl groups is 1. The minimum absolute atomic E-state index is 0.291. The van der Waals surface area contributed by atoms with E-state index in [4.69, 9.17) is 0 Å². The molecule has 1 aliphatic rings. The zero-order valence-electron chi connectivity index (χ0n) is 10.5. The van der Waals surface area contributed by atoms with Crippen molar-refractivity contribution in [1.82, 2.24) is 20.1 Å². The van der Waals surface area contributed by atoms with E-state index in [0.717, 1.165) is 38.2 Å². The molecule has 0 aliphatic heterocycles. The lowest BCUT2D eigenvalue weighted by Crippen LogP contribution is -2.34. The summed E-state index contributed by atoms with van der Waals surface area (Å²) in [4.78, 5) is 4.27. The molecule has 2 atom stereocenters. The third-order valence-corrected chi connectivity index (χ3v) is 3.55. The van der Waals surface area contributed by atoms with E-state index in [-0.39, 0.29) is 0 Å². The van der Waals surface area contributed by atoms with Crippen molar-refractivity contribution in [3.63, 3.8) is 0 Å². The van der Waals surface area contributed by atoms with E-state index in [2.05, 4.69) is 22.3 Å². The van der Waals surface area contributed by atoms with Crippen molar-refractivity contribution >= 4 is 0 Å².